The van der Waals surface area contributed by atoms with E-state index >= 15 is 0 Å². The number of urea groups is 1. The van der Waals surface area contributed by atoms with Crippen LogP contribution in [0.15, 0.2) is 65.7 Å². The number of amidine groups is 2. The van der Waals surface area contributed by atoms with Crippen LogP contribution in [0, 0.1) is 5.92 Å². The molecule has 1 fully saturated rings. The fourth-order valence-electron chi connectivity index (χ4n) is 4.48. The molecule has 0 bridgehead atoms. The number of nitrogens with zero attached hydrogens (tertiary/aromatic N) is 5. The summed E-state index contributed by atoms with van der Waals surface area (Å²) >= 11 is 0. The summed E-state index contributed by atoms with van der Waals surface area (Å²) in [7, 11) is 3.25. The van der Waals surface area contributed by atoms with Gasteiger partial charge in [-0.3, -0.25) is 19.5 Å². The van der Waals surface area contributed by atoms with Crippen LogP contribution in [-0.2, 0) is 17.9 Å². The van der Waals surface area contributed by atoms with Crippen LogP contribution in [0.25, 0.3) is 0 Å². The first kappa shape index (κ1) is 23.8. The van der Waals surface area contributed by atoms with Crippen LogP contribution in [0.4, 0.5) is 4.79 Å². The Morgan fingerprint density at radius 3 is 1.97 bits per heavy atom. The Hall–Kier alpha value is -3.32. The Bertz CT molecular complexity index is 1050. The van der Waals surface area contributed by atoms with Gasteiger partial charge in [0, 0.05) is 27.2 Å². The lowest BCUT2D eigenvalue weighted by molar-refractivity contribution is -0.537. The highest BCUT2D eigenvalue weighted by molar-refractivity contribution is 6.23. The molecule has 7 heteroatoms. The lowest BCUT2D eigenvalue weighted by atomic mass is 10.1. The third-order valence-corrected chi connectivity index (χ3v) is 6.42. The number of benzene rings is 2. The minimum absolute atomic E-state index is 0.210. The zero-order chi connectivity index (χ0) is 24.2. The molecule has 0 spiro atoms. The summed E-state index contributed by atoms with van der Waals surface area (Å²) < 4.78 is 2.11. The van der Waals surface area contributed by atoms with Crippen molar-refractivity contribution in [2.75, 3.05) is 27.2 Å². The number of rotatable bonds is 9. The van der Waals surface area contributed by atoms with Crippen molar-refractivity contribution in [2.45, 2.75) is 39.4 Å². The zero-order valence-corrected chi connectivity index (χ0v) is 20.5. The lowest BCUT2D eigenvalue weighted by Gasteiger charge is -2.30. The molecule has 2 aromatic carbocycles. The molecule has 0 aliphatic carbocycles. The maximum Gasteiger partial charge on any atom is 0.333 e. The average molecular weight is 461 g/mol. The molecule has 1 atom stereocenters. The third kappa shape index (κ3) is 5.09. The molecule has 2 aromatic rings. The van der Waals surface area contributed by atoms with Crippen molar-refractivity contribution in [2.24, 2.45) is 10.9 Å². The Morgan fingerprint density at radius 1 is 0.882 bits per heavy atom. The molecule has 178 valence electrons. The Balaban J connectivity index is 1.68. The molecule has 2 heterocycles. The molecule has 34 heavy (non-hydrogen) atoms. The maximum atomic E-state index is 13.2. The predicted octanol–water partition coefficient (Wildman–Crippen LogP) is 3.45. The summed E-state index contributed by atoms with van der Waals surface area (Å²) in [5, 5.41) is 0. The van der Waals surface area contributed by atoms with E-state index < -0.39 is 6.04 Å². The van der Waals surface area contributed by atoms with Gasteiger partial charge >= 0.3 is 11.9 Å². The Morgan fingerprint density at radius 2 is 1.44 bits per heavy atom. The fraction of sp³-hybridized carbons (Fsp3) is 0.407. The molecule has 1 unspecified atom stereocenters. The van der Waals surface area contributed by atoms with Gasteiger partial charge in [-0.1, -0.05) is 74.5 Å². The number of likely N-dealkylation sites (N-methyl/N-ethyl adjacent to an activating group) is 2. The number of hydrogen-bond donors (Lipinski definition) is 0. The van der Waals surface area contributed by atoms with Crippen LogP contribution in [0.5, 0.6) is 0 Å². The number of carbonyl (C=O) groups is 2. The van der Waals surface area contributed by atoms with Crippen LogP contribution < -0.4 is 0 Å². The van der Waals surface area contributed by atoms with Crippen LogP contribution in [0.2, 0.25) is 0 Å². The molecule has 3 amide bonds. The van der Waals surface area contributed by atoms with Crippen molar-refractivity contribution in [1.82, 2.24) is 14.7 Å². The smallest absolute Gasteiger partial charge is 0.284 e. The zero-order valence-electron chi connectivity index (χ0n) is 20.5. The van der Waals surface area contributed by atoms with Crippen molar-refractivity contribution >= 4 is 23.6 Å². The molecule has 0 aromatic heterocycles. The standard InChI is InChI=1S/C27H34N5O2/c1-20(2)15-16-32-23(28-25-24(32)26(33)30(4)27(34)29(25)3)19-31(17-21-11-7-5-8-12-21)18-22-13-9-6-10-14-22/h5-14,20,24H,15-19H2,1-4H3/q+1. The number of carbonyl (C=O) groups excluding carboxylic acids is 2. The summed E-state index contributed by atoms with van der Waals surface area (Å²) in [6, 6.07) is 19.9. The van der Waals surface area contributed by atoms with Gasteiger partial charge in [0.25, 0.3) is 17.8 Å². The third-order valence-electron chi connectivity index (χ3n) is 6.42. The topological polar surface area (TPSA) is 59.2 Å². The van der Waals surface area contributed by atoms with Crippen LogP contribution in [-0.4, -0.2) is 76.1 Å². The summed E-state index contributed by atoms with van der Waals surface area (Å²) in [4.78, 5) is 35.7. The van der Waals surface area contributed by atoms with E-state index in [4.69, 9.17) is 4.99 Å². The van der Waals surface area contributed by atoms with Crippen molar-refractivity contribution < 1.29 is 14.2 Å². The van der Waals surface area contributed by atoms with E-state index in [0.29, 0.717) is 18.3 Å². The molecule has 4 rings (SSSR count). The summed E-state index contributed by atoms with van der Waals surface area (Å²) in [5.41, 5.74) is 2.44. The van der Waals surface area contributed by atoms with Gasteiger partial charge in [-0.2, -0.15) is 0 Å². The normalized spacial score (nSPS) is 18.3. The van der Waals surface area contributed by atoms with Gasteiger partial charge in [0.05, 0.1) is 6.54 Å². The molecule has 1 saturated heterocycles. The minimum atomic E-state index is -0.545. The van der Waals surface area contributed by atoms with Gasteiger partial charge in [0.1, 0.15) is 6.54 Å². The average Bonchev–Trinajstić information content (AvgIpc) is 3.19. The minimum Gasteiger partial charge on any atom is -0.284 e. The first-order valence-corrected chi connectivity index (χ1v) is 11.9. The van der Waals surface area contributed by atoms with Crippen LogP contribution >= 0.6 is 0 Å². The van der Waals surface area contributed by atoms with Crippen molar-refractivity contribution in [3.63, 3.8) is 0 Å². The second-order valence-corrected chi connectivity index (χ2v) is 9.52. The number of aliphatic imine (C=N–C) groups is 1. The van der Waals surface area contributed by atoms with E-state index in [1.807, 2.05) is 12.1 Å². The van der Waals surface area contributed by atoms with E-state index in [-0.39, 0.29) is 11.9 Å². The molecule has 7 nitrogen and oxygen atoms in total. The first-order valence-electron chi connectivity index (χ1n) is 11.9. The van der Waals surface area contributed by atoms with Gasteiger partial charge in [-0.25, -0.2) is 9.37 Å². The number of hydrogen-bond acceptors (Lipinski definition) is 4. The van der Waals surface area contributed by atoms with Gasteiger partial charge in [0.15, 0.2) is 0 Å². The van der Waals surface area contributed by atoms with E-state index in [9.17, 15) is 9.59 Å². The highest BCUT2D eigenvalue weighted by Crippen LogP contribution is 2.21. The highest BCUT2D eigenvalue weighted by atomic mass is 16.2. The van der Waals surface area contributed by atoms with E-state index in [0.717, 1.165) is 31.9 Å². The van der Waals surface area contributed by atoms with Crippen molar-refractivity contribution in [1.29, 1.82) is 0 Å². The molecule has 0 saturated carbocycles. The molecule has 0 N–H and O–H groups in total. The van der Waals surface area contributed by atoms with Gasteiger partial charge in [-0.15, -0.1) is 0 Å². The summed E-state index contributed by atoms with van der Waals surface area (Å²) in [6.45, 7) is 7.18. The van der Waals surface area contributed by atoms with E-state index in [1.165, 1.54) is 20.9 Å². The molecule has 2 aliphatic heterocycles. The Kier molecular flexibility index (Phi) is 7.22. The van der Waals surface area contributed by atoms with Gasteiger partial charge < -0.3 is 0 Å². The quantitative estimate of drug-likeness (QED) is 0.539. The van der Waals surface area contributed by atoms with Gasteiger partial charge in [-0.05, 0) is 28.5 Å². The molecular weight excluding hydrogens is 426 g/mol. The second kappa shape index (κ2) is 10.3. The van der Waals surface area contributed by atoms with Crippen LogP contribution in [0.3, 0.4) is 0 Å². The monoisotopic (exact) mass is 460 g/mol. The SMILES string of the molecule is CC(C)CC[N+]1=C(CN(Cc2ccccc2)Cc2ccccc2)N=C2C1C(=O)N(C)C(=O)N2C. The van der Waals surface area contributed by atoms with Crippen molar-refractivity contribution in [3.05, 3.63) is 71.8 Å². The lowest BCUT2D eigenvalue weighted by Crippen LogP contribution is -2.61. The number of imide groups is 1. The fourth-order valence-corrected chi connectivity index (χ4v) is 4.48. The number of amides is 3. The number of fused-ring (bicyclic) bond motifs is 1. The highest BCUT2D eigenvalue weighted by Gasteiger charge is 2.52. The molecular formula is C27H34N5O2+. The van der Waals surface area contributed by atoms with E-state index in [2.05, 4.69) is 71.9 Å². The molecule has 0 radical (unpaired) electrons. The molecule has 2 aliphatic rings. The van der Waals surface area contributed by atoms with Crippen LogP contribution in [0.1, 0.15) is 31.4 Å². The second-order valence-electron chi connectivity index (χ2n) is 9.52. The largest absolute Gasteiger partial charge is 0.333 e. The summed E-state index contributed by atoms with van der Waals surface area (Å²) in [6.07, 6.45) is 0.939. The predicted molar refractivity (Wildman–Crippen MR) is 134 cm³/mol. The maximum absolute atomic E-state index is 13.2. The van der Waals surface area contributed by atoms with Gasteiger partial charge in [0.2, 0.25) is 0 Å². The van der Waals surface area contributed by atoms with Crippen molar-refractivity contribution in [3.8, 4) is 0 Å². The Labute approximate surface area is 202 Å². The summed E-state index contributed by atoms with van der Waals surface area (Å²) in [5.74, 6) is 1.66. The van der Waals surface area contributed by atoms with E-state index in [1.54, 1.807) is 14.1 Å². The first-order chi connectivity index (χ1) is 16.3.